The number of ether oxygens (including phenoxy) is 1. The smallest absolute Gasteiger partial charge is 0.221 e. The summed E-state index contributed by atoms with van der Waals surface area (Å²) in [5, 5.41) is 3.85. The van der Waals surface area contributed by atoms with Gasteiger partial charge < -0.3 is 10.1 Å². The molecule has 1 aromatic heterocycles. The molecule has 1 aliphatic rings. The van der Waals surface area contributed by atoms with Crippen molar-refractivity contribution < 1.29 is 9.53 Å². The van der Waals surface area contributed by atoms with E-state index in [4.69, 9.17) is 9.72 Å². The number of methoxy groups -OCH3 is 1. The number of aromatic nitrogens is 1. The van der Waals surface area contributed by atoms with Crippen molar-refractivity contribution in [3.63, 3.8) is 0 Å². The molecule has 1 aliphatic heterocycles. The summed E-state index contributed by atoms with van der Waals surface area (Å²) in [4.78, 5) is 18.4. The Morgan fingerprint density at radius 2 is 2.25 bits per heavy atom. The lowest BCUT2D eigenvalue weighted by molar-refractivity contribution is -0.114. The van der Waals surface area contributed by atoms with Crippen molar-refractivity contribution in [3.8, 4) is 0 Å². The highest BCUT2D eigenvalue weighted by Gasteiger charge is 2.20. The predicted octanol–water partition coefficient (Wildman–Crippen LogP) is 3.05. The highest BCUT2D eigenvalue weighted by Crippen LogP contribution is 2.21. The summed E-state index contributed by atoms with van der Waals surface area (Å²) >= 11 is 0. The Bertz CT molecular complexity index is 715. The predicted molar refractivity (Wildman–Crippen MR) is 95.9 cm³/mol. The minimum Gasteiger partial charge on any atom is -0.384 e. The van der Waals surface area contributed by atoms with Gasteiger partial charge >= 0.3 is 0 Å². The molecule has 5 nitrogen and oxygen atoms in total. The Labute approximate surface area is 143 Å². The first-order chi connectivity index (χ1) is 11.6. The average molecular weight is 327 g/mol. The van der Waals surface area contributed by atoms with Gasteiger partial charge in [-0.05, 0) is 49.6 Å². The molecular weight excluding hydrogens is 302 g/mol. The zero-order chi connectivity index (χ0) is 16.9. The number of fused-ring (bicyclic) bond motifs is 1. The molecule has 5 heteroatoms. The van der Waals surface area contributed by atoms with Gasteiger partial charge in [0.15, 0.2) is 0 Å². The highest BCUT2D eigenvalue weighted by atomic mass is 16.5. The third-order valence-electron chi connectivity index (χ3n) is 4.46. The molecule has 2 heterocycles. The van der Waals surface area contributed by atoms with Gasteiger partial charge in [0.25, 0.3) is 0 Å². The molecule has 1 fully saturated rings. The SMILES string of the molecule is COCC1CCCN(Cc2ccc3cc(NC(C)=O)ccc3n2)C1. The second kappa shape index (κ2) is 7.73. The van der Waals surface area contributed by atoms with Crippen LogP contribution in [0.4, 0.5) is 5.69 Å². The number of pyridine rings is 1. The highest BCUT2D eigenvalue weighted by molar-refractivity contribution is 5.92. The van der Waals surface area contributed by atoms with Crippen LogP contribution in [0.5, 0.6) is 0 Å². The van der Waals surface area contributed by atoms with E-state index in [1.165, 1.54) is 19.8 Å². The van der Waals surface area contributed by atoms with Crippen molar-refractivity contribution in [2.24, 2.45) is 5.92 Å². The van der Waals surface area contributed by atoms with Gasteiger partial charge in [0.2, 0.25) is 5.91 Å². The van der Waals surface area contributed by atoms with Crippen molar-refractivity contribution in [1.82, 2.24) is 9.88 Å². The van der Waals surface area contributed by atoms with Crippen LogP contribution in [-0.2, 0) is 16.1 Å². The van der Waals surface area contributed by atoms with Gasteiger partial charge in [-0.2, -0.15) is 0 Å². The van der Waals surface area contributed by atoms with E-state index in [0.717, 1.165) is 48.5 Å². The Morgan fingerprint density at radius 3 is 3.04 bits per heavy atom. The number of nitrogens with zero attached hydrogens (tertiary/aromatic N) is 2. The minimum absolute atomic E-state index is 0.0605. The Kier molecular flexibility index (Phi) is 5.43. The normalized spacial score (nSPS) is 18.7. The lowest BCUT2D eigenvalue weighted by Gasteiger charge is -2.32. The van der Waals surface area contributed by atoms with E-state index in [1.807, 2.05) is 18.2 Å². The van der Waals surface area contributed by atoms with Crippen LogP contribution in [0.15, 0.2) is 30.3 Å². The van der Waals surface area contributed by atoms with Crippen LogP contribution in [-0.4, -0.2) is 42.6 Å². The molecule has 0 saturated carbocycles. The summed E-state index contributed by atoms with van der Waals surface area (Å²) in [6, 6.07) is 9.99. The number of anilines is 1. The number of piperidine rings is 1. The lowest BCUT2D eigenvalue weighted by atomic mass is 9.99. The fraction of sp³-hybridized carbons (Fsp3) is 0.474. The van der Waals surface area contributed by atoms with Gasteiger partial charge in [-0.1, -0.05) is 6.07 Å². The molecule has 0 aliphatic carbocycles. The fourth-order valence-electron chi connectivity index (χ4n) is 3.43. The first-order valence-electron chi connectivity index (χ1n) is 8.52. The van der Waals surface area contributed by atoms with E-state index < -0.39 is 0 Å². The molecule has 1 atom stereocenters. The minimum atomic E-state index is -0.0605. The zero-order valence-corrected chi connectivity index (χ0v) is 14.4. The topological polar surface area (TPSA) is 54.5 Å². The zero-order valence-electron chi connectivity index (χ0n) is 14.4. The van der Waals surface area contributed by atoms with Crippen molar-refractivity contribution in [2.45, 2.75) is 26.3 Å². The second-order valence-corrected chi connectivity index (χ2v) is 6.59. The van der Waals surface area contributed by atoms with E-state index in [-0.39, 0.29) is 5.91 Å². The van der Waals surface area contributed by atoms with Crippen LogP contribution in [0, 0.1) is 5.92 Å². The summed E-state index contributed by atoms with van der Waals surface area (Å²) in [7, 11) is 1.78. The van der Waals surface area contributed by atoms with Crippen molar-refractivity contribution in [1.29, 1.82) is 0 Å². The number of nitrogens with one attached hydrogen (secondary N) is 1. The Balaban J connectivity index is 1.70. The largest absolute Gasteiger partial charge is 0.384 e. The van der Waals surface area contributed by atoms with Crippen LogP contribution < -0.4 is 5.32 Å². The maximum Gasteiger partial charge on any atom is 0.221 e. The maximum atomic E-state index is 11.2. The standard InChI is InChI=1S/C19H25N3O2/c1-14(23)20-17-7-8-19-16(10-17)5-6-18(21-19)12-22-9-3-4-15(11-22)13-24-2/h5-8,10,15H,3-4,9,11-13H2,1-2H3,(H,20,23). The van der Waals surface area contributed by atoms with Crippen LogP contribution in [0.3, 0.4) is 0 Å². The molecule has 0 bridgehead atoms. The summed E-state index contributed by atoms with van der Waals surface area (Å²) in [5.41, 5.74) is 2.86. The van der Waals surface area contributed by atoms with Gasteiger partial charge in [-0.3, -0.25) is 14.7 Å². The summed E-state index contributed by atoms with van der Waals surface area (Å²) in [6.07, 6.45) is 2.48. The molecule has 128 valence electrons. The Hall–Kier alpha value is -1.98. The van der Waals surface area contributed by atoms with E-state index in [0.29, 0.717) is 5.92 Å². The van der Waals surface area contributed by atoms with Crippen molar-refractivity contribution in [3.05, 3.63) is 36.0 Å². The van der Waals surface area contributed by atoms with Crippen LogP contribution in [0.25, 0.3) is 10.9 Å². The first kappa shape index (κ1) is 16.9. The number of carbonyl (C=O) groups excluding carboxylic acids is 1. The van der Waals surface area contributed by atoms with Gasteiger partial charge in [0, 0.05) is 38.2 Å². The second-order valence-electron chi connectivity index (χ2n) is 6.59. The van der Waals surface area contributed by atoms with Gasteiger partial charge in [0.1, 0.15) is 0 Å². The summed E-state index contributed by atoms with van der Waals surface area (Å²) < 4.78 is 5.30. The van der Waals surface area contributed by atoms with Gasteiger partial charge in [-0.15, -0.1) is 0 Å². The quantitative estimate of drug-likeness (QED) is 0.917. The van der Waals surface area contributed by atoms with Crippen LogP contribution >= 0.6 is 0 Å². The van der Waals surface area contributed by atoms with E-state index in [2.05, 4.69) is 22.3 Å². The van der Waals surface area contributed by atoms with Gasteiger partial charge in [-0.25, -0.2) is 0 Å². The van der Waals surface area contributed by atoms with Crippen LogP contribution in [0.1, 0.15) is 25.5 Å². The number of amides is 1. The number of carbonyl (C=O) groups is 1. The fourth-order valence-corrected chi connectivity index (χ4v) is 3.43. The number of benzene rings is 1. The lowest BCUT2D eigenvalue weighted by Crippen LogP contribution is -2.36. The van der Waals surface area contributed by atoms with E-state index in [9.17, 15) is 4.79 Å². The third-order valence-corrected chi connectivity index (χ3v) is 4.46. The Morgan fingerprint density at radius 1 is 1.38 bits per heavy atom. The molecule has 3 rings (SSSR count). The number of hydrogen-bond acceptors (Lipinski definition) is 4. The molecule has 0 radical (unpaired) electrons. The van der Waals surface area contributed by atoms with E-state index in [1.54, 1.807) is 7.11 Å². The van der Waals surface area contributed by atoms with E-state index >= 15 is 0 Å². The maximum absolute atomic E-state index is 11.2. The van der Waals surface area contributed by atoms with Crippen LogP contribution in [0.2, 0.25) is 0 Å². The van der Waals surface area contributed by atoms with Gasteiger partial charge in [0.05, 0.1) is 17.8 Å². The molecule has 1 amide bonds. The monoisotopic (exact) mass is 327 g/mol. The molecule has 0 spiro atoms. The summed E-state index contributed by atoms with van der Waals surface area (Å²) in [6.45, 7) is 5.44. The molecule has 2 aromatic rings. The molecule has 1 saturated heterocycles. The summed E-state index contributed by atoms with van der Waals surface area (Å²) in [5.74, 6) is 0.569. The molecule has 24 heavy (non-hydrogen) atoms. The third kappa shape index (κ3) is 4.30. The molecule has 1 N–H and O–H groups in total. The molecule has 1 aromatic carbocycles. The average Bonchev–Trinajstić information content (AvgIpc) is 2.55. The first-order valence-corrected chi connectivity index (χ1v) is 8.52. The number of rotatable bonds is 5. The number of hydrogen-bond donors (Lipinski definition) is 1. The molecule has 1 unspecified atom stereocenters. The number of likely N-dealkylation sites (tertiary alicyclic amines) is 1. The van der Waals surface area contributed by atoms with Crippen molar-refractivity contribution in [2.75, 3.05) is 32.1 Å². The molecular formula is C19H25N3O2. The van der Waals surface area contributed by atoms with Crippen molar-refractivity contribution >= 4 is 22.5 Å².